The first-order valence-electron chi connectivity index (χ1n) is 9.49. The molecular formula is C21H23BrN2O2S. The maximum Gasteiger partial charge on any atom is 0.263 e. The first kappa shape index (κ1) is 18.7. The van der Waals surface area contributed by atoms with Crippen LogP contribution in [0, 0.1) is 5.92 Å². The molecule has 4 rings (SSSR count). The number of amides is 2. The lowest BCUT2D eigenvalue weighted by Gasteiger charge is -2.35. The fraction of sp³-hybridized carbons (Fsp3) is 0.429. The standard InChI is InChI=1S/C21H23BrN2O2S/c22-17-6-1-4-15(12-17)13-24(18-8-9-18)20(25)16-5-2-10-23(14-16)21(26)19-7-3-11-27-19/h1,3-4,6-7,11-12,16,18H,2,5,8-10,13-14H2. The quantitative estimate of drug-likeness (QED) is 0.675. The minimum Gasteiger partial charge on any atom is -0.337 e. The lowest BCUT2D eigenvalue weighted by molar-refractivity contribution is -0.138. The molecule has 0 spiro atoms. The molecule has 27 heavy (non-hydrogen) atoms. The normalized spacial score (nSPS) is 19.7. The van der Waals surface area contributed by atoms with Gasteiger partial charge in [-0.05, 0) is 54.8 Å². The molecule has 0 N–H and O–H groups in total. The van der Waals surface area contributed by atoms with Crippen molar-refractivity contribution in [2.24, 2.45) is 5.92 Å². The number of nitrogens with zero attached hydrogens (tertiary/aromatic N) is 2. The van der Waals surface area contributed by atoms with Crippen molar-refractivity contribution < 1.29 is 9.59 Å². The molecule has 2 aromatic rings. The maximum absolute atomic E-state index is 13.3. The Hall–Kier alpha value is -1.66. The third-order valence-corrected chi connectivity index (χ3v) is 6.65. The molecule has 0 bridgehead atoms. The van der Waals surface area contributed by atoms with Crippen molar-refractivity contribution in [1.82, 2.24) is 9.80 Å². The van der Waals surface area contributed by atoms with Gasteiger partial charge in [0.25, 0.3) is 5.91 Å². The van der Waals surface area contributed by atoms with Crippen LogP contribution < -0.4 is 0 Å². The average Bonchev–Trinajstić information content (AvgIpc) is 3.38. The molecular weight excluding hydrogens is 424 g/mol. The largest absolute Gasteiger partial charge is 0.337 e. The number of piperidine rings is 1. The van der Waals surface area contributed by atoms with Gasteiger partial charge in [0.1, 0.15) is 0 Å². The first-order chi connectivity index (χ1) is 13.1. The summed E-state index contributed by atoms with van der Waals surface area (Å²) in [6, 6.07) is 12.3. The highest BCUT2D eigenvalue weighted by Gasteiger charge is 2.38. The zero-order valence-corrected chi connectivity index (χ0v) is 17.5. The first-order valence-corrected chi connectivity index (χ1v) is 11.2. The number of benzene rings is 1. The van der Waals surface area contributed by atoms with E-state index in [9.17, 15) is 9.59 Å². The molecule has 2 heterocycles. The van der Waals surface area contributed by atoms with Crippen LogP contribution >= 0.6 is 27.3 Å². The predicted octanol–water partition coefficient (Wildman–Crippen LogP) is 4.55. The number of hydrogen-bond donors (Lipinski definition) is 0. The van der Waals surface area contributed by atoms with E-state index >= 15 is 0 Å². The van der Waals surface area contributed by atoms with Crippen LogP contribution in [-0.2, 0) is 11.3 Å². The summed E-state index contributed by atoms with van der Waals surface area (Å²) in [5.74, 6) is 0.184. The van der Waals surface area contributed by atoms with Crippen LogP contribution in [0.4, 0.5) is 0 Å². The molecule has 1 aliphatic carbocycles. The Balaban J connectivity index is 1.45. The highest BCUT2D eigenvalue weighted by molar-refractivity contribution is 9.10. The van der Waals surface area contributed by atoms with Gasteiger partial charge in [-0.15, -0.1) is 11.3 Å². The highest BCUT2D eigenvalue weighted by atomic mass is 79.9. The Kier molecular flexibility index (Phi) is 5.64. The molecule has 142 valence electrons. The van der Waals surface area contributed by atoms with E-state index in [1.807, 2.05) is 39.4 Å². The van der Waals surface area contributed by atoms with E-state index in [1.54, 1.807) is 0 Å². The minimum atomic E-state index is -0.0876. The van der Waals surface area contributed by atoms with Gasteiger partial charge in [0.15, 0.2) is 0 Å². The average molecular weight is 447 g/mol. The minimum absolute atomic E-state index is 0.0625. The summed E-state index contributed by atoms with van der Waals surface area (Å²) < 4.78 is 1.04. The second kappa shape index (κ2) is 8.15. The Morgan fingerprint density at radius 1 is 1.19 bits per heavy atom. The lowest BCUT2D eigenvalue weighted by Crippen LogP contribution is -2.47. The molecule has 6 heteroatoms. The van der Waals surface area contributed by atoms with Crippen molar-refractivity contribution in [1.29, 1.82) is 0 Å². The third kappa shape index (κ3) is 4.43. The van der Waals surface area contributed by atoms with Crippen molar-refractivity contribution in [2.45, 2.75) is 38.3 Å². The van der Waals surface area contributed by atoms with E-state index in [1.165, 1.54) is 11.3 Å². The van der Waals surface area contributed by atoms with Gasteiger partial charge >= 0.3 is 0 Å². The Bertz CT molecular complexity index is 819. The second-order valence-electron chi connectivity index (χ2n) is 7.39. The molecule has 1 saturated carbocycles. The van der Waals surface area contributed by atoms with Crippen LogP contribution in [0.2, 0.25) is 0 Å². The lowest BCUT2D eigenvalue weighted by atomic mass is 9.96. The van der Waals surface area contributed by atoms with Crippen LogP contribution in [-0.4, -0.2) is 40.7 Å². The Morgan fingerprint density at radius 3 is 2.74 bits per heavy atom. The second-order valence-corrected chi connectivity index (χ2v) is 9.26. The van der Waals surface area contributed by atoms with Gasteiger partial charge < -0.3 is 9.80 Å². The number of carbonyl (C=O) groups excluding carboxylic acids is 2. The Labute approximate surface area is 172 Å². The van der Waals surface area contributed by atoms with Crippen LogP contribution in [0.1, 0.15) is 40.9 Å². The third-order valence-electron chi connectivity index (χ3n) is 5.30. The number of thiophene rings is 1. The molecule has 2 aliphatic rings. The van der Waals surface area contributed by atoms with Gasteiger partial charge in [-0.3, -0.25) is 9.59 Å². The molecule has 4 nitrogen and oxygen atoms in total. The predicted molar refractivity (Wildman–Crippen MR) is 111 cm³/mol. The monoisotopic (exact) mass is 446 g/mol. The van der Waals surface area contributed by atoms with E-state index < -0.39 is 0 Å². The number of rotatable bonds is 5. The number of hydrogen-bond acceptors (Lipinski definition) is 3. The highest BCUT2D eigenvalue weighted by Crippen LogP contribution is 2.32. The molecule has 2 fully saturated rings. The molecule has 1 unspecified atom stereocenters. The molecule has 0 radical (unpaired) electrons. The fourth-order valence-corrected chi connectivity index (χ4v) is 4.90. The zero-order valence-electron chi connectivity index (χ0n) is 15.1. The van der Waals surface area contributed by atoms with Crippen molar-refractivity contribution >= 4 is 39.1 Å². The smallest absolute Gasteiger partial charge is 0.263 e. The summed E-state index contributed by atoms with van der Waals surface area (Å²) in [5, 5.41) is 1.92. The van der Waals surface area contributed by atoms with Crippen LogP contribution in [0.25, 0.3) is 0 Å². The Morgan fingerprint density at radius 2 is 2.04 bits per heavy atom. The topological polar surface area (TPSA) is 40.6 Å². The van der Waals surface area contributed by atoms with Gasteiger partial charge in [-0.2, -0.15) is 0 Å². The van der Waals surface area contributed by atoms with E-state index in [4.69, 9.17) is 0 Å². The summed E-state index contributed by atoms with van der Waals surface area (Å²) in [7, 11) is 0. The number of carbonyl (C=O) groups is 2. The molecule has 2 amide bonds. The van der Waals surface area contributed by atoms with Crippen LogP contribution in [0.3, 0.4) is 0 Å². The molecule has 1 atom stereocenters. The molecule has 1 saturated heterocycles. The van der Waals surface area contributed by atoms with Crippen molar-refractivity contribution in [2.75, 3.05) is 13.1 Å². The molecule has 1 aromatic heterocycles. The zero-order chi connectivity index (χ0) is 18.8. The van der Waals surface area contributed by atoms with Gasteiger partial charge in [0.2, 0.25) is 5.91 Å². The summed E-state index contributed by atoms with van der Waals surface area (Å²) in [5.41, 5.74) is 1.15. The van der Waals surface area contributed by atoms with Gasteiger partial charge in [-0.1, -0.05) is 34.1 Å². The van der Waals surface area contributed by atoms with E-state index in [2.05, 4.69) is 28.1 Å². The van der Waals surface area contributed by atoms with Crippen molar-refractivity contribution in [3.05, 3.63) is 56.7 Å². The van der Waals surface area contributed by atoms with Crippen LogP contribution in [0.15, 0.2) is 46.3 Å². The molecule has 1 aromatic carbocycles. The number of likely N-dealkylation sites (tertiary alicyclic amines) is 1. The van der Waals surface area contributed by atoms with Crippen LogP contribution in [0.5, 0.6) is 0 Å². The summed E-state index contributed by atoms with van der Waals surface area (Å²) in [4.78, 5) is 30.7. The fourth-order valence-electron chi connectivity index (χ4n) is 3.76. The van der Waals surface area contributed by atoms with Gasteiger partial charge in [0.05, 0.1) is 10.8 Å². The van der Waals surface area contributed by atoms with E-state index in [0.29, 0.717) is 19.1 Å². The number of halogens is 1. The van der Waals surface area contributed by atoms with Crippen molar-refractivity contribution in [3.63, 3.8) is 0 Å². The molecule has 1 aliphatic heterocycles. The van der Waals surface area contributed by atoms with Gasteiger partial charge in [0, 0.05) is 30.1 Å². The summed E-state index contributed by atoms with van der Waals surface area (Å²) in [6.07, 6.45) is 3.94. The van der Waals surface area contributed by atoms with E-state index in [0.717, 1.165) is 47.1 Å². The SMILES string of the molecule is O=C(c1cccs1)N1CCCC(C(=O)N(Cc2cccc(Br)c2)C2CC2)C1. The van der Waals surface area contributed by atoms with Gasteiger partial charge in [-0.25, -0.2) is 0 Å². The van der Waals surface area contributed by atoms with E-state index in [-0.39, 0.29) is 17.7 Å². The summed E-state index contributed by atoms with van der Waals surface area (Å²) >= 11 is 4.98. The summed E-state index contributed by atoms with van der Waals surface area (Å²) in [6.45, 7) is 1.94. The van der Waals surface area contributed by atoms with Crippen molar-refractivity contribution in [3.8, 4) is 0 Å². The maximum atomic E-state index is 13.3.